The summed E-state index contributed by atoms with van der Waals surface area (Å²) in [6.07, 6.45) is 35.4. The van der Waals surface area contributed by atoms with E-state index in [2.05, 4.69) is 62.5 Å². The van der Waals surface area contributed by atoms with Crippen LogP contribution in [0.5, 0.6) is 0 Å². The highest BCUT2D eigenvalue weighted by Crippen LogP contribution is 2.22. The van der Waals surface area contributed by atoms with Gasteiger partial charge in [-0.3, -0.25) is 9.59 Å². The van der Waals surface area contributed by atoms with Crippen LogP contribution in [-0.2, 0) is 28.5 Å². The number of esters is 2. The van der Waals surface area contributed by atoms with E-state index < -0.39 is 55.4 Å². The van der Waals surface area contributed by atoms with Gasteiger partial charge in [0.2, 0.25) is 0 Å². The summed E-state index contributed by atoms with van der Waals surface area (Å²) < 4.78 is 22.1. The first-order valence-electron chi connectivity index (χ1n) is 22.2. The lowest BCUT2D eigenvalue weighted by Crippen LogP contribution is -2.59. The third kappa shape index (κ3) is 28.1. The molecule has 0 spiro atoms. The van der Waals surface area contributed by atoms with E-state index in [0.29, 0.717) is 12.8 Å². The lowest BCUT2D eigenvalue weighted by Gasteiger charge is -2.39. The fourth-order valence-corrected chi connectivity index (χ4v) is 6.35. The third-order valence-electron chi connectivity index (χ3n) is 9.94. The second kappa shape index (κ2) is 37.0. The Balaban J connectivity index is 2.35. The molecule has 1 aliphatic rings. The van der Waals surface area contributed by atoms with E-state index in [1.807, 2.05) is 0 Å². The van der Waals surface area contributed by atoms with E-state index in [1.54, 1.807) is 0 Å². The summed E-state index contributed by atoms with van der Waals surface area (Å²) in [5.74, 6) is -0.834. The molecule has 1 aliphatic heterocycles. The van der Waals surface area contributed by atoms with Crippen LogP contribution in [0.4, 0.5) is 0 Å². The minimum Gasteiger partial charge on any atom is -0.462 e. The molecule has 0 saturated carbocycles. The number of aliphatic hydroxyl groups excluding tert-OH is 4. The Kier molecular flexibility index (Phi) is 34.1. The molecule has 0 aromatic carbocycles. The molecule has 0 aromatic heterocycles. The third-order valence-corrected chi connectivity index (χ3v) is 9.94. The van der Waals surface area contributed by atoms with E-state index in [0.717, 1.165) is 77.0 Å². The van der Waals surface area contributed by atoms with Crippen LogP contribution in [-0.4, -0.2) is 89.0 Å². The quantitative estimate of drug-likeness (QED) is 0.0275. The van der Waals surface area contributed by atoms with Crippen molar-refractivity contribution in [3.63, 3.8) is 0 Å². The molecule has 10 heteroatoms. The molecule has 1 rings (SSSR count). The molecule has 1 heterocycles. The van der Waals surface area contributed by atoms with Crippen LogP contribution >= 0.6 is 0 Å². The fourth-order valence-electron chi connectivity index (χ4n) is 6.35. The van der Waals surface area contributed by atoms with Gasteiger partial charge in [-0.05, 0) is 70.6 Å². The SMILES string of the molecule is CCCC/C=C/C/C=C/CCCCCCCC(=O)OC[C@H](CO[C@@H]1O[C@H](CO)[C@H](O)C(O)C1O)OC(=O)CCCCCCCCC/C=C/C/C=C/CCCCC. The van der Waals surface area contributed by atoms with Gasteiger partial charge in [0.15, 0.2) is 12.4 Å². The molecular weight excluding hydrogens is 712 g/mol. The van der Waals surface area contributed by atoms with Gasteiger partial charge in [0.25, 0.3) is 0 Å². The maximum atomic E-state index is 12.8. The monoisotopic (exact) mass is 793 g/mol. The number of carbonyl (C=O) groups excluding carboxylic acids is 2. The van der Waals surface area contributed by atoms with Gasteiger partial charge in [0, 0.05) is 12.8 Å². The largest absolute Gasteiger partial charge is 0.462 e. The lowest BCUT2D eigenvalue weighted by molar-refractivity contribution is -0.305. The van der Waals surface area contributed by atoms with Gasteiger partial charge in [-0.2, -0.15) is 0 Å². The van der Waals surface area contributed by atoms with Crippen LogP contribution in [0.3, 0.4) is 0 Å². The number of aliphatic hydroxyl groups is 4. The summed E-state index contributed by atoms with van der Waals surface area (Å²) in [6.45, 7) is 3.33. The number of allylic oxidation sites excluding steroid dienone is 8. The molecule has 0 aliphatic carbocycles. The van der Waals surface area contributed by atoms with Crippen LogP contribution in [0.2, 0.25) is 0 Å². The Morgan fingerprint density at radius 2 is 1.02 bits per heavy atom. The zero-order chi connectivity index (χ0) is 40.9. The molecular formula is C46H80O10. The van der Waals surface area contributed by atoms with E-state index in [9.17, 15) is 30.0 Å². The molecule has 6 atom stereocenters. The summed E-state index contributed by atoms with van der Waals surface area (Å²) in [6, 6.07) is 0. The van der Waals surface area contributed by atoms with Crippen LogP contribution in [0.25, 0.3) is 0 Å². The second-order valence-corrected chi connectivity index (χ2v) is 15.1. The van der Waals surface area contributed by atoms with Crippen molar-refractivity contribution >= 4 is 11.9 Å². The second-order valence-electron chi connectivity index (χ2n) is 15.1. The van der Waals surface area contributed by atoms with Crippen molar-refractivity contribution in [2.75, 3.05) is 19.8 Å². The Bertz CT molecular complexity index is 1050. The number of ether oxygens (including phenoxy) is 4. The number of hydrogen-bond donors (Lipinski definition) is 4. The van der Waals surface area contributed by atoms with Crippen LogP contribution < -0.4 is 0 Å². The molecule has 1 saturated heterocycles. The van der Waals surface area contributed by atoms with Crippen LogP contribution in [0.1, 0.15) is 174 Å². The minimum atomic E-state index is -1.60. The van der Waals surface area contributed by atoms with Gasteiger partial charge in [-0.15, -0.1) is 0 Å². The highest BCUT2D eigenvalue weighted by molar-refractivity contribution is 5.70. The number of carbonyl (C=O) groups is 2. The molecule has 1 fully saturated rings. The predicted octanol–water partition coefficient (Wildman–Crippen LogP) is 9.28. The molecule has 2 unspecified atom stereocenters. The van der Waals surface area contributed by atoms with Gasteiger partial charge >= 0.3 is 11.9 Å². The van der Waals surface area contributed by atoms with E-state index >= 15 is 0 Å². The zero-order valence-corrected chi connectivity index (χ0v) is 35.1. The zero-order valence-electron chi connectivity index (χ0n) is 35.1. The average molecular weight is 793 g/mol. The highest BCUT2D eigenvalue weighted by atomic mass is 16.7. The van der Waals surface area contributed by atoms with E-state index in [1.165, 1.54) is 57.8 Å². The first-order valence-corrected chi connectivity index (χ1v) is 22.2. The summed E-state index contributed by atoms with van der Waals surface area (Å²) >= 11 is 0. The van der Waals surface area contributed by atoms with Gasteiger partial charge in [0.1, 0.15) is 31.0 Å². The van der Waals surface area contributed by atoms with Crippen LogP contribution in [0, 0.1) is 0 Å². The Morgan fingerprint density at radius 3 is 1.54 bits per heavy atom. The number of rotatable bonds is 36. The van der Waals surface area contributed by atoms with Crippen molar-refractivity contribution < 1.29 is 49.0 Å². The molecule has 0 radical (unpaired) electrons. The fraction of sp³-hybridized carbons (Fsp3) is 0.783. The molecule has 10 nitrogen and oxygen atoms in total. The Labute approximate surface area is 339 Å². The smallest absolute Gasteiger partial charge is 0.306 e. The Hall–Kier alpha value is -2.34. The highest BCUT2D eigenvalue weighted by Gasteiger charge is 2.44. The number of hydrogen-bond acceptors (Lipinski definition) is 10. The summed E-state index contributed by atoms with van der Waals surface area (Å²) in [5.41, 5.74) is 0. The van der Waals surface area contributed by atoms with Crippen LogP contribution in [0.15, 0.2) is 48.6 Å². The topological polar surface area (TPSA) is 152 Å². The first-order chi connectivity index (χ1) is 27.3. The molecule has 4 N–H and O–H groups in total. The maximum Gasteiger partial charge on any atom is 0.306 e. The van der Waals surface area contributed by atoms with E-state index in [4.69, 9.17) is 18.9 Å². The van der Waals surface area contributed by atoms with Crippen molar-refractivity contribution in [2.45, 2.75) is 211 Å². The average Bonchev–Trinajstić information content (AvgIpc) is 3.19. The van der Waals surface area contributed by atoms with Gasteiger partial charge in [0.05, 0.1) is 13.2 Å². The van der Waals surface area contributed by atoms with Gasteiger partial charge in [-0.25, -0.2) is 0 Å². The van der Waals surface area contributed by atoms with Crippen molar-refractivity contribution in [2.24, 2.45) is 0 Å². The van der Waals surface area contributed by atoms with Gasteiger partial charge < -0.3 is 39.4 Å². The van der Waals surface area contributed by atoms with Gasteiger partial charge in [-0.1, -0.05) is 140 Å². The summed E-state index contributed by atoms with van der Waals surface area (Å²) in [4.78, 5) is 25.3. The molecule has 0 amide bonds. The molecule has 56 heavy (non-hydrogen) atoms. The van der Waals surface area contributed by atoms with E-state index in [-0.39, 0.29) is 26.1 Å². The first kappa shape index (κ1) is 51.7. The molecule has 0 bridgehead atoms. The molecule has 0 aromatic rings. The summed E-state index contributed by atoms with van der Waals surface area (Å²) in [5, 5.41) is 40.0. The standard InChI is InChI=1S/C46H80O10/c1-3-5-7-9-11-13-15-17-19-20-21-23-25-27-29-31-33-35-42(49)55-39(38-54-46-45(52)44(51)43(50)40(36-47)56-46)37-53-41(48)34-32-30-28-26-24-22-18-16-14-12-10-8-6-4-2/h10-13,16-19,39-40,43-47,50-52H,3-9,14-15,20-38H2,1-2H3/b12-10+,13-11+,18-16+,19-17+/t39-,40-,43+,44?,45?,46-/m1/s1. The number of unbranched alkanes of at least 4 members (excludes halogenated alkanes) is 17. The summed E-state index contributed by atoms with van der Waals surface area (Å²) in [7, 11) is 0. The minimum absolute atomic E-state index is 0.216. The molecule has 324 valence electrons. The predicted molar refractivity (Wildman–Crippen MR) is 224 cm³/mol. The van der Waals surface area contributed by atoms with Crippen molar-refractivity contribution in [1.82, 2.24) is 0 Å². The maximum absolute atomic E-state index is 12.8. The Morgan fingerprint density at radius 1 is 0.554 bits per heavy atom. The van der Waals surface area contributed by atoms with Crippen molar-refractivity contribution in [3.8, 4) is 0 Å². The normalized spacial score (nSPS) is 20.9. The van der Waals surface area contributed by atoms with Crippen molar-refractivity contribution in [3.05, 3.63) is 48.6 Å². The van der Waals surface area contributed by atoms with Crippen molar-refractivity contribution in [1.29, 1.82) is 0 Å². The lowest BCUT2D eigenvalue weighted by atomic mass is 9.99.